The molecule has 178 valence electrons. The van der Waals surface area contributed by atoms with Crippen LogP contribution in [0.5, 0.6) is 5.88 Å². The van der Waals surface area contributed by atoms with Gasteiger partial charge in [0, 0.05) is 60.8 Å². The third-order valence-corrected chi connectivity index (χ3v) is 6.67. The van der Waals surface area contributed by atoms with Crippen LogP contribution in [0.25, 0.3) is 21.9 Å². The molecule has 1 amide bonds. The molecule has 11 heteroatoms. The van der Waals surface area contributed by atoms with Crippen LogP contribution in [0, 0.1) is 12.7 Å². The van der Waals surface area contributed by atoms with E-state index in [9.17, 15) is 9.90 Å². The van der Waals surface area contributed by atoms with Crippen LogP contribution in [0.4, 0.5) is 26.4 Å². The average Bonchev–Trinajstić information content (AvgIpc) is 3.44. The van der Waals surface area contributed by atoms with Crippen molar-refractivity contribution in [2.24, 2.45) is 0 Å². The number of amides is 1. The Labute approximate surface area is 199 Å². The quantitative estimate of drug-likeness (QED) is 0.384. The Morgan fingerprint density at radius 2 is 2.14 bits per heavy atom. The Bertz CT molecular complexity index is 1480. The van der Waals surface area contributed by atoms with Gasteiger partial charge in [0.15, 0.2) is 5.82 Å². The number of ether oxygens (including phenoxy) is 1. The van der Waals surface area contributed by atoms with Gasteiger partial charge in [-0.05, 0) is 30.0 Å². The van der Waals surface area contributed by atoms with Gasteiger partial charge in [-0.3, -0.25) is 4.90 Å². The van der Waals surface area contributed by atoms with Gasteiger partial charge >= 0.3 is 6.09 Å². The number of nitrogens with two attached hydrogens (primary N) is 1. The molecule has 1 atom stereocenters. The van der Waals surface area contributed by atoms with Crippen molar-refractivity contribution in [3.63, 3.8) is 0 Å². The van der Waals surface area contributed by atoms with Crippen LogP contribution in [0.1, 0.15) is 11.4 Å². The molecule has 4 N–H and O–H groups in total. The first-order valence-corrected chi connectivity index (χ1v) is 11.2. The second-order valence-corrected chi connectivity index (χ2v) is 8.67. The minimum Gasteiger partial charge on any atom is -0.474 e. The summed E-state index contributed by atoms with van der Waals surface area (Å²) in [7, 11) is 0. The summed E-state index contributed by atoms with van der Waals surface area (Å²) in [4.78, 5) is 26.4. The fraction of sp³-hybridized carbons (Fsp3) is 0.250. The number of nitrogens with one attached hydrogen (secondary N) is 1. The van der Waals surface area contributed by atoms with E-state index in [1.54, 1.807) is 24.5 Å². The van der Waals surface area contributed by atoms with Gasteiger partial charge in [-0.25, -0.2) is 24.1 Å². The van der Waals surface area contributed by atoms with E-state index in [4.69, 9.17) is 10.5 Å². The lowest BCUT2D eigenvalue weighted by molar-refractivity contribution is 0.198. The summed E-state index contributed by atoms with van der Waals surface area (Å²) in [5, 5.41) is 14.2. The number of aromatic nitrogens is 4. The Morgan fingerprint density at radius 3 is 2.94 bits per heavy atom. The molecule has 2 aliphatic heterocycles. The predicted octanol–water partition coefficient (Wildman–Crippen LogP) is 3.44. The molecular formula is C24H22FN7O3. The van der Waals surface area contributed by atoms with Gasteiger partial charge in [0.05, 0.1) is 11.7 Å². The van der Waals surface area contributed by atoms with Gasteiger partial charge in [0.2, 0.25) is 5.88 Å². The molecule has 0 spiro atoms. The molecule has 0 fully saturated rings. The zero-order chi connectivity index (χ0) is 24.3. The molecular weight excluding hydrogens is 453 g/mol. The number of carbonyl (C=O) groups is 1. The lowest BCUT2D eigenvalue weighted by Gasteiger charge is -2.25. The highest BCUT2D eigenvalue weighted by molar-refractivity contribution is 5.99. The van der Waals surface area contributed by atoms with Crippen LogP contribution in [0.3, 0.4) is 0 Å². The predicted molar refractivity (Wildman–Crippen MR) is 128 cm³/mol. The molecule has 1 aromatic carbocycles. The lowest BCUT2D eigenvalue weighted by atomic mass is 9.97. The Hall–Kier alpha value is -4.41. The SMILES string of the molecule is Cc1c(-c2cc3cc(N(C(=O)O)[C@H]4Cc5nccn5C4)ncc3c(N)c2F)cnc2c1NCCO2. The standard InChI is InChI=1S/C24H22FN7O3/c1-12-16(9-30-23-22(12)28-3-5-35-23)15-6-13-7-19(29-10-17(13)21(26)20(15)25)32(24(33)34)14-8-18-27-2-4-31(18)11-14/h2,4,6-7,9-10,14,28H,3,5,8,11,26H2,1H3,(H,33,34)/t14-/m0/s1. The number of nitrogen functional groups attached to an aromatic ring is 1. The number of nitrogens with zero attached hydrogens (tertiary/aromatic N) is 5. The molecule has 3 aromatic heterocycles. The number of carboxylic acid groups (broad SMARTS) is 1. The van der Waals surface area contributed by atoms with Crippen molar-refractivity contribution in [2.75, 3.05) is 29.1 Å². The zero-order valence-electron chi connectivity index (χ0n) is 18.8. The molecule has 0 saturated carbocycles. The van der Waals surface area contributed by atoms with E-state index < -0.39 is 11.9 Å². The highest BCUT2D eigenvalue weighted by Gasteiger charge is 2.33. The van der Waals surface area contributed by atoms with Crippen LogP contribution in [-0.4, -0.2) is 49.9 Å². The van der Waals surface area contributed by atoms with Crippen molar-refractivity contribution in [1.29, 1.82) is 0 Å². The molecule has 35 heavy (non-hydrogen) atoms. The number of anilines is 3. The van der Waals surface area contributed by atoms with Gasteiger partial charge in [-0.2, -0.15) is 0 Å². The van der Waals surface area contributed by atoms with Crippen molar-refractivity contribution in [2.45, 2.75) is 25.9 Å². The van der Waals surface area contributed by atoms with Gasteiger partial charge < -0.3 is 25.5 Å². The number of imidazole rings is 1. The minimum absolute atomic E-state index is 0.0549. The van der Waals surface area contributed by atoms with Crippen molar-refractivity contribution in [1.82, 2.24) is 19.5 Å². The molecule has 0 radical (unpaired) electrons. The number of hydrogen-bond donors (Lipinski definition) is 3. The average molecular weight is 475 g/mol. The minimum atomic E-state index is -1.12. The maximum atomic E-state index is 15.4. The molecule has 0 saturated heterocycles. The summed E-state index contributed by atoms with van der Waals surface area (Å²) in [5.41, 5.74) is 8.48. The van der Waals surface area contributed by atoms with E-state index in [2.05, 4.69) is 20.3 Å². The van der Waals surface area contributed by atoms with E-state index >= 15 is 4.39 Å². The van der Waals surface area contributed by atoms with Gasteiger partial charge in [-0.15, -0.1) is 0 Å². The Morgan fingerprint density at radius 1 is 1.29 bits per heavy atom. The molecule has 0 bridgehead atoms. The van der Waals surface area contributed by atoms with Crippen molar-refractivity contribution in [3.05, 3.63) is 54.1 Å². The second kappa shape index (κ2) is 7.83. The molecule has 6 rings (SSSR count). The number of rotatable bonds is 3. The van der Waals surface area contributed by atoms with E-state index in [1.165, 1.54) is 11.1 Å². The van der Waals surface area contributed by atoms with Crippen LogP contribution in [0.2, 0.25) is 0 Å². The van der Waals surface area contributed by atoms with Crippen LogP contribution < -0.4 is 20.7 Å². The first-order valence-electron chi connectivity index (χ1n) is 11.2. The van der Waals surface area contributed by atoms with Crippen molar-refractivity contribution in [3.8, 4) is 17.0 Å². The summed E-state index contributed by atoms with van der Waals surface area (Å²) < 4.78 is 22.9. The first-order chi connectivity index (χ1) is 16.9. The van der Waals surface area contributed by atoms with Crippen molar-refractivity contribution < 1.29 is 19.0 Å². The molecule has 0 unspecified atom stereocenters. The van der Waals surface area contributed by atoms with Gasteiger partial charge in [-0.1, -0.05) is 0 Å². The normalized spacial score (nSPS) is 16.3. The van der Waals surface area contributed by atoms with E-state index in [0.29, 0.717) is 48.3 Å². The molecule has 10 nitrogen and oxygen atoms in total. The lowest BCUT2D eigenvalue weighted by Crippen LogP contribution is -2.41. The molecule has 4 aromatic rings. The monoisotopic (exact) mass is 475 g/mol. The molecule has 5 heterocycles. The number of pyridine rings is 2. The topological polar surface area (TPSA) is 131 Å². The fourth-order valence-electron chi connectivity index (χ4n) is 4.92. The highest BCUT2D eigenvalue weighted by atomic mass is 19.1. The van der Waals surface area contributed by atoms with Crippen LogP contribution >= 0.6 is 0 Å². The zero-order valence-corrected chi connectivity index (χ0v) is 18.8. The Kier molecular flexibility index (Phi) is 4.73. The summed E-state index contributed by atoms with van der Waals surface area (Å²) in [5.74, 6) is 0.966. The maximum Gasteiger partial charge on any atom is 0.413 e. The van der Waals surface area contributed by atoms with Crippen LogP contribution in [0.15, 0.2) is 36.9 Å². The van der Waals surface area contributed by atoms with E-state index in [-0.39, 0.29) is 23.1 Å². The number of benzene rings is 1. The summed E-state index contributed by atoms with van der Waals surface area (Å²) >= 11 is 0. The van der Waals surface area contributed by atoms with E-state index in [0.717, 1.165) is 17.1 Å². The third-order valence-electron chi connectivity index (χ3n) is 6.67. The van der Waals surface area contributed by atoms with Crippen LogP contribution in [-0.2, 0) is 13.0 Å². The Balaban J connectivity index is 1.45. The van der Waals surface area contributed by atoms with Gasteiger partial charge in [0.25, 0.3) is 0 Å². The smallest absolute Gasteiger partial charge is 0.413 e. The van der Waals surface area contributed by atoms with Gasteiger partial charge in [0.1, 0.15) is 23.9 Å². The molecule has 0 aliphatic carbocycles. The highest BCUT2D eigenvalue weighted by Crippen LogP contribution is 2.40. The number of halogens is 1. The maximum absolute atomic E-state index is 15.4. The summed E-state index contributed by atoms with van der Waals surface area (Å²) in [6.07, 6.45) is 5.87. The summed E-state index contributed by atoms with van der Waals surface area (Å²) in [6.45, 7) is 3.48. The number of hydrogen-bond acceptors (Lipinski definition) is 7. The summed E-state index contributed by atoms with van der Waals surface area (Å²) in [6, 6.07) is 2.94. The largest absolute Gasteiger partial charge is 0.474 e. The first kappa shape index (κ1) is 21.1. The molecule has 2 aliphatic rings. The number of fused-ring (bicyclic) bond motifs is 3. The van der Waals surface area contributed by atoms with Crippen molar-refractivity contribution >= 4 is 34.1 Å². The second-order valence-electron chi connectivity index (χ2n) is 8.67. The van der Waals surface area contributed by atoms with E-state index in [1.807, 2.05) is 17.7 Å². The third kappa shape index (κ3) is 3.30. The fourth-order valence-corrected chi connectivity index (χ4v) is 4.92.